The first-order valence-corrected chi connectivity index (χ1v) is 7.35. The van der Waals surface area contributed by atoms with Gasteiger partial charge in [0, 0.05) is 30.8 Å². The van der Waals surface area contributed by atoms with Gasteiger partial charge >= 0.3 is 0 Å². The Labute approximate surface area is 118 Å². The van der Waals surface area contributed by atoms with E-state index in [0.29, 0.717) is 13.2 Å². The van der Waals surface area contributed by atoms with Gasteiger partial charge in [-0.2, -0.15) is 0 Å². The largest absolute Gasteiger partial charge is 0.486 e. The molecule has 108 valence electrons. The number of nitrogens with zero attached hydrogens (tertiary/aromatic N) is 1. The molecule has 1 aliphatic heterocycles. The normalized spacial score (nSPS) is 13.9. The third kappa shape index (κ3) is 2.36. The SMILES string of the molecule is CCCn1cc(CCCO)c2cc3c(cc21)OCCO3. The monoisotopic (exact) mass is 275 g/mol. The highest BCUT2D eigenvalue weighted by molar-refractivity contribution is 5.87. The van der Waals surface area contributed by atoms with Crippen LogP contribution >= 0.6 is 0 Å². The fraction of sp³-hybridized carbons (Fsp3) is 0.500. The summed E-state index contributed by atoms with van der Waals surface area (Å²) in [7, 11) is 0. The number of ether oxygens (including phenoxy) is 2. The topological polar surface area (TPSA) is 43.6 Å². The predicted octanol–water partition coefficient (Wildman–Crippen LogP) is 2.75. The van der Waals surface area contributed by atoms with Crippen LogP contribution in [0.15, 0.2) is 18.3 Å². The predicted molar refractivity (Wildman–Crippen MR) is 78.6 cm³/mol. The summed E-state index contributed by atoms with van der Waals surface area (Å²) < 4.78 is 13.6. The van der Waals surface area contributed by atoms with Gasteiger partial charge in [-0.1, -0.05) is 6.92 Å². The van der Waals surface area contributed by atoms with Gasteiger partial charge in [0.2, 0.25) is 0 Å². The van der Waals surface area contributed by atoms with Crippen molar-refractivity contribution in [2.45, 2.75) is 32.7 Å². The third-order valence-electron chi connectivity index (χ3n) is 3.70. The Hall–Kier alpha value is -1.68. The summed E-state index contributed by atoms with van der Waals surface area (Å²) in [6.07, 6.45) is 4.98. The number of aliphatic hydroxyl groups is 1. The van der Waals surface area contributed by atoms with Crippen LogP contribution in [0, 0.1) is 0 Å². The second kappa shape index (κ2) is 5.75. The van der Waals surface area contributed by atoms with Gasteiger partial charge < -0.3 is 19.1 Å². The number of hydrogen-bond donors (Lipinski definition) is 1. The molecule has 0 fully saturated rings. The third-order valence-corrected chi connectivity index (χ3v) is 3.70. The molecule has 0 aliphatic carbocycles. The molecule has 1 aliphatic rings. The quantitative estimate of drug-likeness (QED) is 0.912. The van der Waals surface area contributed by atoms with E-state index in [1.54, 1.807) is 0 Å². The highest BCUT2D eigenvalue weighted by Gasteiger charge is 2.17. The highest BCUT2D eigenvalue weighted by atomic mass is 16.6. The fourth-order valence-corrected chi connectivity index (χ4v) is 2.79. The van der Waals surface area contributed by atoms with Crippen molar-refractivity contribution in [3.05, 3.63) is 23.9 Å². The summed E-state index contributed by atoms with van der Waals surface area (Å²) in [5.74, 6) is 1.68. The van der Waals surface area contributed by atoms with E-state index in [1.807, 2.05) is 0 Å². The zero-order valence-electron chi connectivity index (χ0n) is 11.9. The fourth-order valence-electron chi connectivity index (χ4n) is 2.79. The van der Waals surface area contributed by atoms with E-state index in [4.69, 9.17) is 14.6 Å². The number of aromatic nitrogens is 1. The van der Waals surface area contributed by atoms with Crippen molar-refractivity contribution in [2.75, 3.05) is 19.8 Å². The van der Waals surface area contributed by atoms with E-state index in [0.717, 1.165) is 37.3 Å². The smallest absolute Gasteiger partial charge is 0.163 e. The molecule has 3 rings (SSSR count). The van der Waals surface area contributed by atoms with Gasteiger partial charge in [-0.15, -0.1) is 0 Å². The van der Waals surface area contributed by atoms with Crippen LogP contribution in [0.25, 0.3) is 10.9 Å². The van der Waals surface area contributed by atoms with Gasteiger partial charge in [-0.25, -0.2) is 0 Å². The van der Waals surface area contributed by atoms with Crippen LogP contribution in [0.3, 0.4) is 0 Å². The molecule has 0 saturated heterocycles. The molecule has 0 unspecified atom stereocenters. The Bertz CT molecular complexity index is 603. The second-order valence-electron chi connectivity index (χ2n) is 5.19. The number of aliphatic hydroxyl groups excluding tert-OH is 1. The van der Waals surface area contributed by atoms with Crippen LogP contribution < -0.4 is 9.47 Å². The summed E-state index contributed by atoms with van der Waals surface area (Å²) in [6, 6.07) is 4.17. The van der Waals surface area contributed by atoms with Crippen LogP contribution in [0.4, 0.5) is 0 Å². The van der Waals surface area contributed by atoms with Crippen molar-refractivity contribution in [3.8, 4) is 11.5 Å². The van der Waals surface area contributed by atoms with E-state index >= 15 is 0 Å². The van der Waals surface area contributed by atoms with Crippen LogP contribution in [-0.4, -0.2) is 29.5 Å². The molecule has 0 atom stereocenters. The zero-order chi connectivity index (χ0) is 13.9. The van der Waals surface area contributed by atoms with Gasteiger partial charge in [0.15, 0.2) is 11.5 Å². The van der Waals surface area contributed by atoms with Crippen LogP contribution in [0.5, 0.6) is 11.5 Å². The summed E-state index contributed by atoms with van der Waals surface area (Å²) in [6.45, 7) is 4.63. The lowest BCUT2D eigenvalue weighted by Crippen LogP contribution is -2.15. The minimum atomic E-state index is 0.227. The van der Waals surface area contributed by atoms with E-state index in [9.17, 15) is 0 Å². The molecule has 0 saturated carbocycles. The molecule has 2 aromatic rings. The van der Waals surface area contributed by atoms with Crippen molar-refractivity contribution in [3.63, 3.8) is 0 Å². The summed E-state index contributed by atoms with van der Waals surface area (Å²) >= 11 is 0. The lowest BCUT2D eigenvalue weighted by atomic mass is 10.1. The average molecular weight is 275 g/mol. The van der Waals surface area contributed by atoms with Crippen molar-refractivity contribution >= 4 is 10.9 Å². The Morgan fingerprint density at radius 2 is 1.95 bits per heavy atom. The van der Waals surface area contributed by atoms with Crippen LogP contribution in [-0.2, 0) is 13.0 Å². The Kier molecular flexibility index (Phi) is 3.83. The maximum atomic E-state index is 9.05. The van der Waals surface area contributed by atoms with Gasteiger partial charge in [-0.3, -0.25) is 0 Å². The van der Waals surface area contributed by atoms with Crippen molar-refractivity contribution < 1.29 is 14.6 Å². The van der Waals surface area contributed by atoms with Crippen molar-refractivity contribution in [1.82, 2.24) is 4.57 Å². The standard InChI is InChI=1S/C16H21NO3/c1-2-5-17-11-12(4-3-6-18)13-9-15-16(10-14(13)17)20-8-7-19-15/h9-11,18H,2-8H2,1H3. The molecule has 4 nitrogen and oxygen atoms in total. The second-order valence-corrected chi connectivity index (χ2v) is 5.19. The van der Waals surface area contributed by atoms with Crippen LogP contribution in [0.1, 0.15) is 25.3 Å². The maximum Gasteiger partial charge on any atom is 0.163 e. The molecule has 20 heavy (non-hydrogen) atoms. The molecule has 1 aromatic heterocycles. The Morgan fingerprint density at radius 3 is 2.65 bits per heavy atom. The maximum absolute atomic E-state index is 9.05. The summed E-state index contributed by atoms with van der Waals surface area (Å²) in [5.41, 5.74) is 2.48. The summed E-state index contributed by atoms with van der Waals surface area (Å²) in [5, 5.41) is 10.3. The van der Waals surface area contributed by atoms with Gasteiger partial charge in [-0.05, 0) is 30.9 Å². The molecule has 0 bridgehead atoms. The Morgan fingerprint density at radius 1 is 1.20 bits per heavy atom. The number of fused-ring (bicyclic) bond motifs is 2. The van der Waals surface area contributed by atoms with Gasteiger partial charge in [0.05, 0.1) is 5.52 Å². The van der Waals surface area contributed by atoms with Crippen LogP contribution in [0.2, 0.25) is 0 Å². The molecule has 4 heteroatoms. The molecular formula is C16H21NO3. The molecule has 1 aromatic carbocycles. The van der Waals surface area contributed by atoms with Crippen molar-refractivity contribution in [1.29, 1.82) is 0 Å². The number of rotatable bonds is 5. The molecule has 0 radical (unpaired) electrons. The van der Waals surface area contributed by atoms with Gasteiger partial charge in [0.1, 0.15) is 13.2 Å². The minimum absolute atomic E-state index is 0.227. The minimum Gasteiger partial charge on any atom is -0.486 e. The lowest BCUT2D eigenvalue weighted by Gasteiger charge is -2.18. The van der Waals surface area contributed by atoms with E-state index in [1.165, 1.54) is 16.5 Å². The first kappa shape index (κ1) is 13.3. The molecule has 0 amide bonds. The number of hydrogen-bond acceptors (Lipinski definition) is 3. The first-order valence-electron chi connectivity index (χ1n) is 7.35. The van der Waals surface area contributed by atoms with Crippen molar-refractivity contribution in [2.24, 2.45) is 0 Å². The highest BCUT2D eigenvalue weighted by Crippen LogP contribution is 2.37. The average Bonchev–Trinajstić information content (AvgIpc) is 2.81. The number of benzene rings is 1. The Balaban J connectivity index is 2.09. The molecule has 2 heterocycles. The molecular weight excluding hydrogens is 254 g/mol. The summed E-state index contributed by atoms with van der Waals surface area (Å²) in [4.78, 5) is 0. The lowest BCUT2D eigenvalue weighted by molar-refractivity contribution is 0.172. The zero-order valence-corrected chi connectivity index (χ0v) is 11.9. The number of aryl methyl sites for hydroxylation is 2. The molecule has 1 N–H and O–H groups in total. The van der Waals surface area contributed by atoms with Gasteiger partial charge in [0.25, 0.3) is 0 Å². The van der Waals surface area contributed by atoms with E-state index in [2.05, 4.69) is 29.8 Å². The first-order chi connectivity index (χ1) is 9.83. The van der Waals surface area contributed by atoms with E-state index in [-0.39, 0.29) is 6.61 Å². The molecule has 0 spiro atoms. The van der Waals surface area contributed by atoms with E-state index < -0.39 is 0 Å².